The smallest absolute Gasteiger partial charge is 0.219 e. The fourth-order valence-electron chi connectivity index (χ4n) is 3.87. The van der Waals surface area contributed by atoms with Crippen LogP contribution in [0.5, 0.6) is 5.75 Å². The maximum absolute atomic E-state index is 11.5. The van der Waals surface area contributed by atoms with Crippen LogP contribution in [0.1, 0.15) is 31.7 Å². The Morgan fingerprint density at radius 2 is 1.86 bits per heavy atom. The number of methoxy groups -OCH3 is 1. The maximum Gasteiger partial charge on any atom is 0.219 e. The van der Waals surface area contributed by atoms with Crippen molar-refractivity contribution >= 4 is 5.91 Å². The number of hydrogen-bond acceptors (Lipinski definition) is 3. The number of ether oxygens (including phenoxy) is 1. The van der Waals surface area contributed by atoms with Gasteiger partial charge in [0.25, 0.3) is 0 Å². The normalized spacial score (nSPS) is 21.3. The van der Waals surface area contributed by atoms with Crippen molar-refractivity contribution in [3.8, 4) is 5.75 Å². The number of benzene rings is 1. The largest absolute Gasteiger partial charge is 0.496 e. The van der Waals surface area contributed by atoms with E-state index in [4.69, 9.17) is 4.74 Å². The maximum atomic E-state index is 11.5. The van der Waals surface area contributed by atoms with Crippen LogP contribution in [0.2, 0.25) is 0 Å². The lowest BCUT2D eigenvalue weighted by Crippen LogP contribution is -2.41. The summed E-state index contributed by atoms with van der Waals surface area (Å²) in [5.74, 6) is 1.21. The summed E-state index contributed by atoms with van der Waals surface area (Å²) in [4.78, 5) is 16.1. The third-order valence-corrected chi connectivity index (χ3v) is 5.39. The van der Waals surface area contributed by atoms with Crippen molar-refractivity contribution in [2.24, 2.45) is 5.41 Å². The van der Waals surface area contributed by atoms with Gasteiger partial charge in [0.1, 0.15) is 5.75 Å². The van der Waals surface area contributed by atoms with Crippen LogP contribution in [0.15, 0.2) is 24.3 Å². The van der Waals surface area contributed by atoms with E-state index >= 15 is 0 Å². The van der Waals surface area contributed by atoms with Crippen LogP contribution in [0.25, 0.3) is 0 Å². The lowest BCUT2D eigenvalue weighted by molar-refractivity contribution is -0.128. The lowest BCUT2D eigenvalue weighted by atomic mass is 9.77. The van der Waals surface area contributed by atoms with Crippen molar-refractivity contribution < 1.29 is 9.53 Å². The van der Waals surface area contributed by atoms with Gasteiger partial charge < -0.3 is 9.64 Å². The van der Waals surface area contributed by atoms with Gasteiger partial charge in [-0.15, -0.1) is 0 Å². The predicted octanol–water partition coefficient (Wildman–Crippen LogP) is 2.53. The minimum atomic E-state index is 0.230. The Morgan fingerprint density at radius 3 is 2.50 bits per heavy atom. The minimum absolute atomic E-state index is 0.230. The zero-order valence-corrected chi connectivity index (χ0v) is 13.7. The van der Waals surface area contributed by atoms with Crippen molar-refractivity contribution in [2.75, 3.05) is 33.3 Å². The molecule has 4 nitrogen and oxygen atoms in total. The van der Waals surface area contributed by atoms with Gasteiger partial charge in [-0.05, 0) is 43.8 Å². The molecule has 3 rings (SSSR count). The fourth-order valence-corrected chi connectivity index (χ4v) is 3.87. The average Bonchev–Trinajstić information content (AvgIpc) is 2.95. The van der Waals surface area contributed by atoms with Gasteiger partial charge in [-0.1, -0.05) is 18.2 Å². The van der Waals surface area contributed by atoms with Gasteiger partial charge in [0, 0.05) is 32.1 Å². The Bertz CT molecular complexity index is 536. The van der Waals surface area contributed by atoms with E-state index in [2.05, 4.69) is 17.0 Å². The highest BCUT2D eigenvalue weighted by Gasteiger charge is 2.41. The molecule has 4 heteroatoms. The molecular weight excluding hydrogens is 276 g/mol. The first kappa shape index (κ1) is 15.3. The number of hydrogen-bond donors (Lipinski definition) is 0. The number of carbonyl (C=O) groups excluding carboxylic acids is 1. The van der Waals surface area contributed by atoms with Crippen molar-refractivity contribution in [3.63, 3.8) is 0 Å². The van der Waals surface area contributed by atoms with Gasteiger partial charge in [0.15, 0.2) is 0 Å². The molecule has 0 bridgehead atoms. The molecule has 0 N–H and O–H groups in total. The van der Waals surface area contributed by atoms with E-state index in [1.165, 1.54) is 24.8 Å². The average molecular weight is 302 g/mol. The molecule has 1 spiro atoms. The molecule has 2 fully saturated rings. The number of carbonyl (C=O) groups is 1. The number of likely N-dealkylation sites (tertiary alicyclic amines) is 2. The first-order valence-electron chi connectivity index (χ1n) is 8.22. The monoisotopic (exact) mass is 302 g/mol. The molecule has 0 radical (unpaired) electrons. The zero-order chi connectivity index (χ0) is 15.6. The van der Waals surface area contributed by atoms with Crippen molar-refractivity contribution in [1.29, 1.82) is 0 Å². The number of para-hydroxylation sites is 1. The van der Waals surface area contributed by atoms with E-state index in [-0.39, 0.29) is 5.91 Å². The van der Waals surface area contributed by atoms with E-state index in [9.17, 15) is 4.79 Å². The Labute approximate surface area is 133 Å². The molecule has 0 saturated carbocycles. The Balaban J connectivity index is 1.57. The second-order valence-corrected chi connectivity index (χ2v) is 6.78. The first-order chi connectivity index (χ1) is 10.6. The first-order valence-corrected chi connectivity index (χ1v) is 8.22. The van der Waals surface area contributed by atoms with Gasteiger partial charge in [-0.3, -0.25) is 9.69 Å². The predicted molar refractivity (Wildman–Crippen MR) is 86.8 cm³/mol. The summed E-state index contributed by atoms with van der Waals surface area (Å²) in [6.07, 6.45) is 3.58. The van der Waals surface area contributed by atoms with Crippen molar-refractivity contribution in [3.05, 3.63) is 29.8 Å². The van der Waals surface area contributed by atoms with Gasteiger partial charge in [0.2, 0.25) is 5.91 Å². The summed E-state index contributed by atoms with van der Waals surface area (Å²) in [5, 5.41) is 0. The quantitative estimate of drug-likeness (QED) is 0.860. The van der Waals surface area contributed by atoms with Crippen LogP contribution in [0.4, 0.5) is 0 Å². The van der Waals surface area contributed by atoms with Crippen LogP contribution >= 0.6 is 0 Å². The SMILES string of the molecule is COc1ccccc1CN1CCC2(CC1)CCN(C(C)=O)C2. The molecular formula is C18H26N2O2. The lowest BCUT2D eigenvalue weighted by Gasteiger charge is -2.39. The highest BCUT2D eigenvalue weighted by atomic mass is 16.5. The molecule has 0 aromatic heterocycles. The number of amides is 1. The Morgan fingerprint density at radius 1 is 1.18 bits per heavy atom. The van der Waals surface area contributed by atoms with Crippen LogP contribution in [-0.2, 0) is 11.3 Å². The van der Waals surface area contributed by atoms with Crippen molar-refractivity contribution in [1.82, 2.24) is 9.80 Å². The molecule has 2 saturated heterocycles. The minimum Gasteiger partial charge on any atom is -0.496 e. The summed E-state index contributed by atoms with van der Waals surface area (Å²) < 4.78 is 5.45. The van der Waals surface area contributed by atoms with E-state index in [1.54, 1.807) is 14.0 Å². The molecule has 2 aliphatic heterocycles. The van der Waals surface area contributed by atoms with Gasteiger partial charge in [-0.2, -0.15) is 0 Å². The molecule has 2 heterocycles. The van der Waals surface area contributed by atoms with E-state index in [0.29, 0.717) is 5.41 Å². The summed E-state index contributed by atoms with van der Waals surface area (Å²) in [6, 6.07) is 8.27. The van der Waals surface area contributed by atoms with Crippen LogP contribution in [0, 0.1) is 5.41 Å². The van der Waals surface area contributed by atoms with Gasteiger partial charge in [0.05, 0.1) is 7.11 Å². The molecule has 1 amide bonds. The van der Waals surface area contributed by atoms with Crippen LogP contribution < -0.4 is 4.74 Å². The molecule has 0 unspecified atom stereocenters. The molecule has 22 heavy (non-hydrogen) atoms. The molecule has 2 aliphatic rings. The molecule has 120 valence electrons. The van der Waals surface area contributed by atoms with E-state index < -0.39 is 0 Å². The zero-order valence-electron chi connectivity index (χ0n) is 13.7. The second kappa shape index (κ2) is 6.29. The van der Waals surface area contributed by atoms with Crippen LogP contribution in [-0.4, -0.2) is 49.0 Å². The summed E-state index contributed by atoms with van der Waals surface area (Å²) in [7, 11) is 1.74. The Hall–Kier alpha value is -1.55. The molecule has 0 atom stereocenters. The number of nitrogens with zero attached hydrogens (tertiary/aromatic N) is 2. The van der Waals surface area contributed by atoms with Gasteiger partial charge in [-0.25, -0.2) is 0 Å². The third kappa shape index (κ3) is 3.12. The topological polar surface area (TPSA) is 32.8 Å². The molecule has 1 aromatic carbocycles. The Kier molecular flexibility index (Phi) is 4.39. The second-order valence-electron chi connectivity index (χ2n) is 6.78. The van der Waals surface area contributed by atoms with E-state index in [0.717, 1.165) is 38.5 Å². The summed E-state index contributed by atoms with van der Waals surface area (Å²) >= 11 is 0. The number of piperidine rings is 1. The molecule has 1 aromatic rings. The standard InChI is InChI=1S/C18H26N2O2/c1-15(21)20-12-9-18(14-20)7-10-19(11-8-18)13-16-5-3-4-6-17(16)22-2/h3-6H,7-14H2,1-2H3. The van der Waals surface area contributed by atoms with Crippen molar-refractivity contribution in [2.45, 2.75) is 32.7 Å². The van der Waals surface area contributed by atoms with Gasteiger partial charge >= 0.3 is 0 Å². The highest BCUT2D eigenvalue weighted by Crippen LogP contribution is 2.40. The highest BCUT2D eigenvalue weighted by molar-refractivity contribution is 5.73. The molecule has 0 aliphatic carbocycles. The third-order valence-electron chi connectivity index (χ3n) is 5.39. The fraction of sp³-hybridized carbons (Fsp3) is 0.611. The summed E-state index contributed by atoms with van der Waals surface area (Å²) in [5.41, 5.74) is 1.64. The number of rotatable bonds is 3. The summed E-state index contributed by atoms with van der Waals surface area (Å²) in [6.45, 7) is 6.78. The van der Waals surface area contributed by atoms with E-state index in [1.807, 2.05) is 17.0 Å². The van der Waals surface area contributed by atoms with Crippen LogP contribution in [0.3, 0.4) is 0 Å².